The normalized spacial score (nSPS) is 26.5. The van der Waals surface area contributed by atoms with Gasteiger partial charge in [-0.25, -0.2) is 0 Å². The summed E-state index contributed by atoms with van der Waals surface area (Å²) in [5.41, 5.74) is 2.94. The number of carboxylic acids is 1. The molecular formula is C38H35Cl2N3O9. The number of carboxylic acid groups (broad SMARTS) is 1. The van der Waals surface area contributed by atoms with Gasteiger partial charge in [0, 0.05) is 29.5 Å². The molecule has 14 heteroatoms. The number of nitrogens with zero attached hydrogens (tertiary/aromatic N) is 2. The largest absolute Gasteiger partial charge is 0.504 e. The number of carbonyl (C=O) groups excluding carboxylic acids is 4. The number of carbonyl (C=O) groups is 5. The average molecular weight is 749 g/mol. The lowest BCUT2D eigenvalue weighted by atomic mass is 9.49. The number of aliphatic carboxylic acids is 1. The van der Waals surface area contributed by atoms with Crippen LogP contribution in [0.25, 0.3) is 0 Å². The van der Waals surface area contributed by atoms with Gasteiger partial charge in [0.25, 0.3) is 11.8 Å². The van der Waals surface area contributed by atoms with E-state index in [1.54, 1.807) is 54.6 Å². The number of nitrogens with one attached hydrogen (secondary N) is 1. The third kappa shape index (κ3) is 5.38. The van der Waals surface area contributed by atoms with Gasteiger partial charge in [0.05, 0.1) is 48.1 Å². The van der Waals surface area contributed by atoms with Gasteiger partial charge >= 0.3 is 5.97 Å². The fraction of sp³-hybridized carbons (Fsp3) is 0.342. The third-order valence-electron chi connectivity index (χ3n) is 11.0. The van der Waals surface area contributed by atoms with E-state index in [0.717, 1.165) is 9.91 Å². The number of fused-ring (bicyclic) bond motifs is 4. The van der Waals surface area contributed by atoms with Gasteiger partial charge in [-0.1, -0.05) is 59.1 Å². The van der Waals surface area contributed by atoms with Crippen LogP contribution in [0.5, 0.6) is 17.2 Å². The SMILES string of the molecule is COc1ccc(C23C(=O)N(Nc4ccc(Cl)cc4Cl)C(=O)C2CC2C(=CCC4C(=O)N(CCCC(=O)O)C(=O)C42)C3c2cccc(OC)c2O)cc1. The zero-order valence-corrected chi connectivity index (χ0v) is 29.7. The van der Waals surface area contributed by atoms with Crippen molar-refractivity contribution in [2.45, 2.75) is 37.0 Å². The van der Waals surface area contributed by atoms with Gasteiger partial charge in [-0.15, -0.1) is 0 Å². The summed E-state index contributed by atoms with van der Waals surface area (Å²) >= 11 is 12.6. The number of aromatic hydroxyl groups is 1. The van der Waals surface area contributed by atoms with Crippen molar-refractivity contribution in [2.24, 2.45) is 23.7 Å². The Balaban J connectivity index is 1.43. The van der Waals surface area contributed by atoms with Crippen molar-refractivity contribution in [3.05, 3.63) is 93.5 Å². The van der Waals surface area contributed by atoms with Crippen LogP contribution in [0.3, 0.4) is 0 Å². The van der Waals surface area contributed by atoms with Crippen molar-refractivity contribution < 1.29 is 43.7 Å². The molecule has 3 aromatic carbocycles. The number of hydrogen-bond acceptors (Lipinski definition) is 9. The molecule has 3 N–H and O–H groups in total. The van der Waals surface area contributed by atoms with Crippen LogP contribution >= 0.6 is 23.2 Å². The topological polar surface area (TPSA) is 163 Å². The van der Waals surface area contributed by atoms with E-state index in [-0.39, 0.29) is 54.4 Å². The number of halogens is 2. The first-order chi connectivity index (χ1) is 24.9. The molecule has 52 heavy (non-hydrogen) atoms. The first-order valence-electron chi connectivity index (χ1n) is 16.8. The summed E-state index contributed by atoms with van der Waals surface area (Å²) in [6.45, 7) is -0.0463. The molecule has 6 atom stereocenters. The molecular weight excluding hydrogens is 713 g/mol. The lowest BCUT2D eigenvalue weighted by molar-refractivity contribution is -0.142. The summed E-state index contributed by atoms with van der Waals surface area (Å²) in [5.74, 6) is -7.01. The van der Waals surface area contributed by atoms with E-state index in [9.17, 15) is 29.4 Å². The quantitative estimate of drug-likeness (QED) is 0.177. The van der Waals surface area contributed by atoms with Crippen molar-refractivity contribution in [3.8, 4) is 17.2 Å². The van der Waals surface area contributed by atoms with Crippen LogP contribution < -0.4 is 14.9 Å². The standard InChI is InChI=1S/C38H35Cl2N3O9/c1-51-21-11-8-19(9-12-21)38-26(35(48)43(37(38)50)41-28-15-10-20(39)17-27(28)40)18-25-22(32(38)24-5-3-6-29(52-2)33(24)46)13-14-23-31(25)36(49)42(34(23)47)16-4-7-30(44)45/h3,5-6,8-13,15,17,23,25-26,31-32,41,46H,4,7,14,16,18H2,1-2H3,(H,44,45). The van der Waals surface area contributed by atoms with Gasteiger partial charge in [-0.3, -0.25) is 34.3 Å². The summed E-state index contributed by atoms with van der Waals surface area (Å²) in [6.07, 6.45) is 1.96. The molecule has 4 amide bonds. The molecule has 6 unspecified atom stereocenters. The molecule has 3 fully saturated rings. The number of ether oxygens (including phenoxy) is 2. The highest BCUT2D eigenvalue weighted by atomic mass is 35.5. The monoisotopic (exact) mass is 747 g/mol. The van der Waals surface area contributed by atoms with Crippen LogP contribution in [0.15, 0.2) is 72.3 Å². The Labute approximate surface area is 308 Å². The van der Waals surface area contributed by atoms with E-state index in [2.05, 4.69) is 5.43 Å². The minimum Gasteiger partial charge on any atom is -0.504 e. The molecule has 1 saturated carbocycles. The van der Waals surface area contributed by atoms with Gasteiger partial charge in [-0.2, -0.15) is 5.01 Å². The Hall–Kier alpha value is -5.07. The molecule has 12 nitrogen and oxygen atoms in total. The molecule has 270 valence electrons. The zero-order chi connectivity index (χ0) is 37.1. The minimum absolute atomic E-state index is 0.0271. The van der Waals surface area contributed by atoms with Crippen molar-refractivity contribution in [3.63, 3.8) is 0 Å². The highest BCUT2D eigenvalue weighted by Crippen LogP contribution is 2.65. The van der Waals surface area contributed by atoms with Gasteiger partial charge in [0.15, 0.2) is 11.5 Å². The van der Waals surface area contributed by atoms with Crippen LogP contribution in [0.1, 0.15) is 42.7 Å². The Morgan fingerprint density at radius 2 is 1.71 bits per heavy atom. The van der Waals surface area contributed by atoms with E-state index in [4.69, 9.17) is 32.7 Å². The van der Waals surface area contributed by atoms with Crippen LogP contribution in [0.4, 0.5) is 5.69 Å². The number of amides is 4. The molecule has 2 saturated heterocycles. The molecule has 0 spiro atoms. The number of rotatable bonds is 10. The van der Waals surface area contributed by atoms with E-state index < -0.39 is 64.6 Å². The van der Waals surface area contributed by atoms with Gasteiger partial charge in [-0.05, 0) is 67.1 Å². The van der Waals surface area contributed by atoms with E-state index >= 15 is 4.79 Å². The summed E-state index contributed by atoms with van der Waals surface area (Å²) in [7, 11) is 2.92. The summed E-state index contributed by atoms with van der Waals surface area (Å²) in [6, 6.07) is 16.4. The first-order valence-corrected chi connectivity index (χ1v) is 17.6. The average Bonchev–Trinajstić information content (AvgIpc) is 3.50. The number of hydrogen-bond donors (Lipinski definition) is 3. The van der Waals surface area contributed by atoms with Gasteiger partial charge in [0.2, 0.25) is 11.8 Å². The van der Waals surface area contributed by atoms with Gasteiger partial charge in [0.1, 0.15) is 5.75 Å². The molecule has 0 bridgehead atoms. The smallest absolute Gasteiger partial charge is 0.303 e. The number of methoxy groups -OCH3 is 2. The number of phenolic OH excluding ortho intramolecular Hbond substituents is 1. The van der Waals surface area contributed by atoms with Crippen molar-refractivity contribution in [1.29, 1.82) is 0 Å². The molecule has 2 aliphatic heterocycles. The minimum atomic E-state index is -1.67. The predicted octanol–water partition coefficient (Wildman–Crippen LogP) is 5.57. The second-order valence-corrected chi connectivity index (χ2v) is 14.3. The van der Waals surface area contributed by atoms with E-state index in [0.29, 0.717) is 27.5 Å². The van der Waals surface area contributed by atoms with Crippen molar-refractivity contribution in [2.75, 3.05) is 26.2 Å². The highest BCUT2D eigenvalue weighted by molar-refractivity contribution is 6.36. The highest BCUT2D eigenvalue weighted by Gasteiger charge is 2.70. The van der Waals surface area contributed by atoms with Crippen molar-refractivity contribution in [1.82, 2.24) is 9.91 Å². The Morgan fingerprint density at radius 3 is 2.38 bits per heavy atom. The molecule has 0 radical (unpaired) electrons. The molecule has 3 aromatic rings. The van der Waals surface area contributed by atoms with Crippen molar-refractivity contribution >= 4 is 58.5 Å². The second kappa shape index (κ2) is 13.5. The third-order valence-corrected chi connectivity index (χ3v) is 11.6. The fourth-order valence-electron chi connectivity index (χ4n) is 8.80. The molecule has 2 aliphatic carbocycles. The summed E-state index contributed by atoms with van der Waals surface area (Å²) in [5, 5.41) is 22.4. The number of para-hydroxylation sites is 1. The number of allylic oxidation sites excluding steroid dienone is 2. The second-order valence-electron chi connectivity index (χ2n) is 13.4. The van der Waals surface area contributed by atoms with Crippen LogP contribution in [-0.2, 0) is 29.4 Å². The lowest BCUT2D eigenvalue weighted by Gasteiger charge is -2.50. The van der Waals surface area contributed by atoms with E-state index in [1.807, 2.05) is 6.08 Å². The van der Waals surface area contributed by atoms with Gasteiger partial charge < -0.3 is 19.7 Å². The van der Waals surface area contributed by atoms with Crippen LogP contribution in [-0.4, -0.2) is 70.5 Å². The van der Waals surface area contributed by atoms with E-state index in [1.165, 1.54) is 20.3 Å². The van der Waals surface area contributed by atoms with Crippen LogP contribution in [0, 0.1) is 23.7 Å². The molecule has 7 rings (SSSR count). The fourth-order valence-corrected chi connectivity index (χ4v) is 9.25. The number of imide groups is 2. The molecule has 4 aliphatic rings. The number of benzene rings is 3. The molecule has 2 heterocycles. The summed E-state index contributed by atoms with van der Waals surface area (Å²) < 4.78 is 10.9. The zero-order valence-electron chi connectivity index (χ0n) is 28.2. The van der Waals surface area contributed by atoms with Crippen LogP contribution in [0.2, 0.25) is 10.0 Å². The maximum absolute atomic E-state index is 15.3. The number of phenols is 1. The Kier molecular flexibility index (Phi) is 9.16. The molecule has 0 aromatic heterocycles. The maximum atomic E-state index is 15.3. The predicted molar refractivity (Wildman–Crippen MR) is 189 cm³/mol. The number of likely N-dealkylation sites (tertiary alicyclic amines) is 1. The Morgan fingerprint density at radius 1 is 0.962 bits per heavy atom. The Bertz CT molecular complexity index is 2040. The number of anilines is 1. The first kappa shape index (κ1) is 35.3. The lowest BCUT2D eigenvalue weighted by Crippen LogP contribution is -2.53. The maximum Gasteiger partial charge on any atom is 0.303 e. The number of hydrazine groups is 1. The summed E-state index contributed by atoms with van der Waals surface area (Å²) in [4.78, 5) is 70.4.